The molecule has 1 saturated heterocycles. The Bertz CT molecular complexity index is 618. The quantitative estimate of drug-likeness (QED) is 0.931. The predicted octanol–water partition coefficient (Wildman–Crippen LogP) is 3.88. The van der Waals surface area contributed by atoms with E-state index < -0.39 is 0 Å². The molecular weight excluding hydrogens is 268 g/mol. The summed E-state index contributed by atoms with van der Waals surface area (Å²) in [6.45, 7) is 6.36. The lowest BCUT2D eigenvalue weighted by Crippen LogP contribution is -2.46. The van der Waals surface area contributed by atoms with Crippen molar-refractivity contribution in [3.63, 3.8) is 0 Å². The first kappa shape index (κ1) is 15.1. The van der Waals surface area contributed by atoms with Crippen LogP contribution in [0, 0.1) is 6.92 Å². The van der Waals surface area contributed by atoms with Gasteiger partial charge < -0.3 is 10.6 Å². The third kappa shape index (κ3) is 3.33. The van der Waals surface area contributed by atoms with E-state index >= 15 is 0 Å². The molecule has 0 spiro atoms. The predicted molar refractivity (Wildman–Crippen MR) is 94.5 cm³/mol. The first-order valence-corrected chi connectivity index (χ1v) is 8.31. The highest BCUT2D eigenvalue weighted by Crippen LogP contribution is 2.30. The summed E-state index contributed by atoms with van der Waals surface area (Å²) in [5, 5.41) is 0. The van der Waals surface area contributed by atoms with Crippen LogP contribution in [0.4, 0.5) is 5.69 Å². The SMILES string of the molecule is CCc1ccc(C2CC(N)CN(c3cccc(C)c3)C2)cc1. The summed E-state index contributed by atoms with van der Waals surface area (Å²) in [7, 11) is 0. The molecule has 0 aliphatic carbocycles. The summed E-state index contributed by atoms with van der Waals surface area (Å²) >= 11 is 0. The Kier molecular flexibility index (Phi) is 4.49. The second-order valence-electron chi connectivity index (χ2n) is 6.53. The van der Waals surface area contributed by atoms with Crippen LogP contribution in [0.5, 0.6) is 0 Å². The lowest BCUT2D eigenvalue weighted by molar-refractivity contribution is 0.454. The van der Waals surface area contributed by atoms with E-state index in [2.05, 4.69) is 67.3 Å². The minimum atomic E-state index is 0.241. The van der Waals surface area contributed by atoms with Crippen LogP contribution in [-0.2, 0) is 6.42 Å². The molecule has 1 aliphatic heterocycles. The fourth-order valence-electron chi connectivity index (χ4n) is 3.44. The molecule has 0 saturated carbocycles. The molecule has 2 nitrogen and oxygen atoms in total. The van der Waals surface area contributed by atoms with Crippen LogP contribution in [0.3, 0.4) is 0 Å². The van der Waals surface area contributed by atoms with Gasteiger partial charge in [0.25, 0.3) is 0 Å². The number of nitrogens with zero attached hydrogens (tertiary/aromatic N) is 1. The van der Waals surface area contributed by atoms with Crippen LogP contribution in [0.25, 0.3) is 0 Å². The lowest BCUT2D eigenvalue weighted by Gasteiger charge is -2.38. The molecule has 0 aromatic heterocycles. The van der Waals surface area contributed by atoms with Gasteiger partial charge in [0.15, 0.2) is 0 Å². The van der Waals surface area contributed by atoms with Crippen molar-refractivity contribution < 1.29 is 0 Å². The monoisotopic (exact) mass is 294 g/mol. The average Bonchev–Trinajstić information content (AvgIpc) is 2.54. The smallest absolute Gasteiger partial charge is 0.0369 e. The van der Waals surface area contributed by atoms with E-state index in [1.54, 1.807) is 0 Å². The number of aryl methyl sites for hydroxylation is 2. The molecule has 1 aliphatic rings. The van der Waals surface area contributed by atoms with Gasteiger partial charge >= 0.3 is 0 Å². The first-order valence-electron chi connectivity index (χ1n) is 8.31. The van der Waals surface area contributed by atoms with Crippen molar-refractivity contribution in [3.8, 4) is 0 Å². The van der Waals surface area contributed by atoms with Crippen LogP contribution in [0.1, 0.15) is 36.0 Å². The summed E-state index contributed by atoms with van der Waals surface area (Å²) in [5.41, 5.74) is 11.8. The Morgan fingerprint density at radius 2 is 1.86 bits per heavy atom. The van der Waals surface area contributed by atoms with Crippen LogP contribution in [0.15, 0.2) is 48.5 Å². The molecule has 2 N–H and O–H groups in total. The van der Waals surface area contributed by atoms with Crippen molar-refractivity contribution >= 4 is 5.69 Å². The van der Waals surface area contributed by atoms with Gasteiger partial charge in [-0.05, 0) is 48.6 Å². The van der Waals surface area contributed by atoms with E-state index in [1.807, 2.05) is 0 Å². The topological polar surface area (TPSA) is 29.3 Å². The molecule has 22 heavy (non-hydrogen) atoms. The normalized spacial score (nSPS) is 21.9. The number of hydrogen-bond donors (Lipinski definition) is 1. The van der Waals surface area contributed by atoms with E-state index in [-0.39, 0.29) is 6.04 Å². The van der Waals surface area contributed by atoms with E-state index in [9.17, 15) is 0 Å². The molecule has 0 radical (unpaired) electrons. The molecule has 116 valence electrons. The molecule has 1 heterocycles. The fourth-order valence-corrected chi connectivity index (χ4v) is 3.44. The number of hydrogen-bond acceptors (Lipinski definition) is 2. The Hall–Kier alpha value is -1.80. The largest absolute Gasteiger partial charge is 0.369 e. The second-order valence-corrected chi connectivity index (χ2v) is 6.53. The summed E-state index contributed by atoms with van der Waals surface area (Å²) in [5.74, 6) is 0.523. The van der Waals surface area contributed by atoms with E-state index in [0.29, 0.717) is 5.92 Å². The van der Waals surface area contributed by atoms with Gasteiger partial charge in [0.1, 0.15) is 0 Å². The summed E-state index contributed by atoms with van der Waals surface area (Å²) in [6, 6.07) is 18.1. The van der Waals surface area contributed by atoms with Gasteiger partial charge in [-0.2, -0.15) is 0 Å². The molecule has 2 aromatic rings. The third-order valence-corrected chi connectivity index (χ3v) is 4.71. The highest BCUT2D eigenvalue weighted by molar-refractivity contribution is 5.50. The molecule has 2 unspecified atom stereocenters. The van der Waals surface area contributed by atoms with Crippen molar-refractivity contribution in [1.82, 2.24) is 0 Å². The minimum Gasteiger partial charge on any atom is -0.369 e. The molecule has 2 atom stereocenters. The Morgan fingerprint density at radius 3 is 2.55 bits per heavy atom. The minimum absolute atomic E-state index is 0.241. The van der Waals surface area contributed by atoms with Crippen molar-refractivity contribution in [2.45, 2.75) is 38.6 Å². The second kappa shape index (κ2) is 6.53. The Labute approximate surface area is 134 Å². The molecule has 0 amide bonds. The van der Waals surface area contributed by atoms with Crippen LogP contribution in [0.2, 0.25) is 0 Å². The number of benzene rings is 2. The first-order chi connectivity index (χ1) is 10.7. The third-order valence-electron chi connectivity index (χ3n) is 4.71. The molecule has 0 bridgehead atoms. The van der Waals surface area contributed by atoms with Crippen molar-refractivity contribution in [2.75, 3.05) is 18.0 Å². The summed E-state index contributed by atoms with van der Waals surface area (Å²) < 4.78 is 0. The van der Waals surface area contributed by atoms with Crippen molar-refractivity contribution in [2.24, 2.45) is 5.73 Å². The zero-order chi connectivity index (χ0) is 15.5. The molecule has 2 heteroatoms. The van der Waals surface area contributed by atoms with E-state index in [4.69, 9.17) is 5.73 Å². The average molecular weight is 294 g/mol. The summed E-state index contributed by atoms with van der Waals surface area (Å²) in [6.07, 6.45) is 2.17. The zero-order valence-electron chi connectivity index (χ0n) is 13.6. The van der Waals surface area contributed by atoms with Gasteiger partial charge in [0.2, 0.25) is 0 Å². The number of nitrogens with two attached hydrogens (primary N) is 1. The molecule has 1 fully saturated rings. The molecule has 2 aromatic carbocycles. The van der Waals surface area contributed by atoms with Crippen molar-refractivity contribution in [3.05, 3.63) is 65.2 Å². The highest BCUT2D eigenvalue weighted by Gasteiger charge is 2.26. The van der Waals surface area contributed by atoms with Gasteiger partial charge in [-0.1, -0.05) is 43.3 Å². The lowest BCUT2D eigenvalue weighted by atomic mass is 9.87. The van der Waals surface area contributed by atoms with Gasteiger partial charge in [-0.3, -0.25) is 0 Å². The Balaban J connectivity index is 1.80. The van der Waals surface area contributed by atoms with Crippen LogP contribution < -0.4 is 10.6 Å². The number of piperidine rings is 1. The maximum Gasteiger partial charge on any atom is 0.0369 e. The molecular formula is C20H26N2. The maximum absolute atomic E-state index is 6.34. The van der Waals surface area contributed by atoms with E-state index in [1.165, 1.54) is 22.4 Å². The van der Waals surface area contributed by atoms with Crippen LogP contribution in [-0.4, -0.2) is 19.1 Å². The number of anilines is 1. The van der Waals surface area contributed by atoms with E-state index in [0.717, 1.165) is 25.9 Å². The van der Waals surface area contributed by atoms with Gasteiger partial charge in [0, 0.05) is 30.7 Å². The highest BCUT2D eigenvalue weighted by atomic mass is 15.2. The zero-order valence-corrected chi connectivity index (χ0v) is 13.6. The van der Waals surface area contributed by atoms with Gasteiger partial charge in [0.05, 0.1) is 0 Å². The fraction of sp³-hybridized carbons (Fsp3) is 0.400. The number of rotatable bonds is 3. The standard InChI is InChI=1S/C20H26N2/c1-3-16-7-9-17(10-8-16)18-12-19(21)14-22(13-18)20-6-4-5-15(2)11-20/h4-11,18-19H,3,12-14,21H2,1-2H3. The van der Waals surface area contributed by atoms with Gasteiger partial charge in [-0.15, -0.1) is 0 Å². The van der Waals surface area contributed by atoms with Crippen LogP contribution >= 0.6 is 0 Å². The maximum atomic E-state index is 6.34. The molecule has 3 rings (SSSR count). The Morgan fingerprint density at radius 1 is 1.09 bits per heavy atom. The van der Waals surface area contributed by atoms with Gasteiger partial charge in [-0.25, -0.2) is 0 Å². The van der Waals surface area contributed by atoms with Crippen molar-refractivity contribution in [1.29, 1.82) is 0 Å². The summed E-state index contributed by atoms with van der Waals surface area (Å²) in [4.78, 5) is 2.44.